The van der Waals surface area contributed by atoms with Gasteiger partial charge in [-0.25, -0.2) is 18.7 Å². The Balaban J connectivity index is 1.16. The van der Waals surface area contributed by atoms with E-state index in [-0.39, 0.29) is 40.4 Å². The first-order valence-corrected chi connectivity index (χ1v) is 18.3. The molecule has 5 heterocycles. The van der Waals surface area contributed by atoms with Gasteiger partial charge in [-0.05, 0) is 80.7 Å². The number of hydrogen-bond acceptors (Lipinski definition) is 9. The van der Waals surface area contributed by atoms with Gasteiger partial charge in [0, 0.05) is 43.5 Å². The molecule has 2 saturated carbocycles. The third-order valence-electron chi connectivity index (χ3n) is 11.6. The number of amides is 2. The number of aryl methyl sites for hydroxylation is 1. The van der Waals surface area contributed by atoms with Crippen molar-refractivity contribution in [2.24, 2.45) is 17.3 Å². The van der Waals surface area contributed by atoms with E-state index in [2.05, 4.69) is 14.9 Å². The SMILES string of the molecule is Cc1cc(N2C(=O)c3ccccc3C2=O)nc(-c2c(F)cc3c(N4CC5CCC(C5)C4)nc(OCC4(CN5CCOCC5)CC4)nc3c2F)c1C(F)(F)F. The highest BCUT2D eigenvalue weighted by Crippen LogP contribution is 2.48. The molecule has 15 heteroatoms. The maximum atomic E-state index is 17.1. The molecule has 2 aliphatic carbocycles. The third kappa shape index (κ3) is 6.05. The van der Waals surface area contributed by atoms with Gasteiger partial charge in [-0.2, -0.15) is 23.1 Å². The Morgan fingerprint density at radius 3 is 2.24 bits per heavy atom. The van der Waals surface area contributed by atoms with Crippen LogP contribution >= 0.6 is 0 Å². The molecule has 2 aromatic carbocycles. The molecule has 0 radical (unpaired) electrons. The van der Waals surface area contributed by atoms with E-state index >= 15 is 8.78 Å². The summed E-state index contributed by atoms with van der Waals surface area (Å²) in [5.41, 5.74) is -4.58. The molecule has 2 saturated heterocycles. The van der Waals surface area contributed by atoms with Gasteiger partial charge in [0.2, 0.25) is 0 Å². The number of benzene rings is 2. The number of pyridine rings is 1. The average Bonchev–Trinajstić information content (AvgIpc) is 3.75. The number of fused-ring (bicyclic) bond motifs is 4. The van der Waals surface area contributed by atoms with Crippen LogP contribution in [0.25, 0.3) is 22.2 Å². The molecule has 2 aromatic heterocycles. The highest BCUT2D eigenvalue weighted by atomic mass is 19.4. The van der Waals surface area contributed by atoms with Gasteiger partial charge in [-0.3, -0.25) is 14.5 Å². The Hall–Kier alpha value is -4.76. The minimum Gasteiger partial charge on any atom is -0.463 e. The largest absolute Gasteiger partial charge is 0.463 e. The van der Waals surface area contributed by atoms with E-state index in [1.807, 2.05) is 4.90 Å². The lowest BCUT2D eigenvalue weighted by molar-refractivity contribution is -0.137. The van der Waals surface area contributed by atoms with Gasteiger partial charge in [0.15, 0.2) is 5.82 Å². The molecule has 4 fully saturated rings. The van der Waals surface area contributed by atoms with E-state index in [0.717, 1.165) is 70.8 Å². The molecule has 2 atom stereocenters. The number of imide groups is 1. The normalized spacial score (nSPS) is 22.3. The van der Waals surface area contributed by atoms with E-state index in [1.165, 1.54) is 12.1 Å². The van der Waals surface area contributed by atoms with Crippen LogP contribution in [0, 0.1) is 35.8 Å². The molecule has 3 aliphatic heterocycles. The van der Waals surface area contributed by atoms with Crippen molar-refractivity contribution in [2.75, 3.05) is 62.3 Å². The van der Waals surface area contributed by atoms with Crippen LogP contribution in [0.15, 0.2) is 36.4 Å². The number of anilines is 2. The van der Waals surface area contributed by atoms with Crippen LogP contribution < -0.4 is 14.5 Å². The van der Waals surface area contributed by atoms with Gasteiger partial charge in [0.25, 0.3) is 11.8 Å². The minimum atomic E-state index is -5.11. The van der Waals surface area contributed by atoms with Crippen molar-refractivity contribution in [1.29, 1.82) is 0 Å². The topological polar surface area (TPSA) is 101 Å². The number of aromatic nitrogens is 3. The smallest absolute Gasteiger partial charge is 0.418 e. The van der Waals surface area contributed by atoms with Crippen LogP contribution in [0.1, 0.15) is 63.9 Å². The first-order valence-electron chi connectivity index (χ1n) is 18.3. The molecular formula is C39H37F5N6O4. The Bertz CT molecular complexity index is 2160. The summed E-state index contributed by atoms with van der Waals surface area (Å²) in [7, 11) is 0. The fourth-order valence-electron chi connectivity index (χ4n) is 8.75. The lowest BCUT2D eigenvalue weighted by atomic mass is 9.97. The fraction of sp³-hybridized carbons (Fsp3) is 0.462. The first-order chi connectivity index (χ1) is 25.9. The number of carbonyl (C=O) groups is 2. The number of morpholine rings is 1. The van der Waals surface area contributed by atoms with Crippen molar-refractivity contribution < 1.29 is 41.0 Å². The molecule has 0 spiro atoms. The summed E-state index contributed by atoms with van der Waals surface area (Å²) in [6, 6.07) is 7.63. The Labute approximate surface area is 307 Å². The van der Waals surface area contributed by atoms with Crippen LogP contribution in [0.5, 0.6) is 6.01 Å². The zero-order valence-electron chi connectivity index (χ0n) is 29.5. The van der Waals surface area contributed by atoms with Crippen LogP contribution in [0.4, 0.5) is 33.6 Å². The summed E-state index contributed by atoms with van der Waals surface area (Å²) >= 11 is 0. The molecular weight excluding hydrogens is 711 g/mol. The van der Waals surface area contributed by atoms with Gasteiger partial charge in [0.1, 0.15) is 23.0 Å². The number of nitrogens with zero attached hydrogens (tertiary/aromatic N) is 6. The first kappa shape index (κ1) is 35.0. The zero-order chi connectivity index (χ0) is 37.5. The lowest BCUT2D eigenvalue weighted by Crippen LogP contribution is -2.41. The Morgan fingerprint density at radius 1 is 0.944 bits per heavy atom. The van der Waals surface area contributed by atoms with E-state index < -0.39 is 63.3 Å². The van der Waals surface area contributed by atoms with Crippen LogP contribution in [-0.4, -0.2) is 84.2 Å². The summed E-state index contributed by atoms with van der Waals surface area (Å²) in [5.74, 6) is -3.82. The zero-order valence-corrected chi connectivity index (χ0v) is 29.5. The minimum absolute atomic E-state index is 0.00126. The maximum absolute atomic E-state index is 17.1. The number of rotatable bonds is 8. The second-order valence-corrected chi connectivity index (χ2v) is 15.4. The number of piperidine rings is 1. The van der Waals surface area contributed by atoms with Crippen molar-refractivity contribution in [3.05, 3.63) is 70.3 Å². The quantitative estimate of drug-likeness (QED) is 0.142. The third-order valence-corrected chi connectivity index (χ3v) is 11.6. The summed E-state index contributed by atoms with van der Waals surface area (Å²) in [6.45, 7) is 6.24. The fourth-order valence-corrected chi connectivity index (χ4v) is 8.75. The maximum Gasteiger partial charge on any atom is 0.418 e. The highest BCUT2D eigenvalue weighted by molar-refractivity contribution is 6.34. The predicted molar refractivity (Wildman–Crippen MR) is 187 cm³/mol. The Morgan fingerprint density at radius 2 is 1.61 bits per heavy atom. The predicted octanol–water partition coefficient (Wildman–Crippen LogP) is 6.83. The van der Waals surface area contributed by atoms with E-state index in [9.17, 15) is 22.8 Å². The van der Waals surface area contributed by atoms with Gasteiger partial charge >= 0.3 is 12.2 Å². The number of hydrogen-bond donors (Lipinski definition) is 0. The lowest BCUT2D eigenvalue weighted by Gasteiger charge is -2.33. The molecule has 5 aliphatic rings. The number of ether oxygens (including phenoxy) is 2. The van der Waals surface area contributed by atoms with E-state index in [4.69, 9.17) is 14.5 Å². The average molecular weight is 749 g/mol. The monoisotopic (exact) mass is 748 g/mol. The molecule has 2 amide bonds. The molecule has 0 N–H and O–H groups in total. The number of halogens is 5. The molecule has 9 rings (SSSR count). The molecule has 282 valence electrons. The van der Waals surface area contributed by atoms with E-state index in [1.54, 1.807) is 12.1 Å². The summed E-state index contributed by atoms with van der Waals surface area (Å²) in [5, 5.41) is -0.00126. The number of alkyl halides is 3. The van der Waals surface area contributed by atoms with Crippen molar-refractivity contribution in [3.63, 3.8) is 0 Å². The van der Waals surface area contributed by atoms with Crippen molar-refractivity contribution >= 4 is 34.4 Å². The second-order valence-electron chi connectivity index (χ2n) is 15.4. The molecule has 10 nitrogen and oxygen atoms in total. The van der Waals surface area contributed by atoms with Crippen LogP contribution in [0.3, 0.4) is 0 Å². The van der Waals surface area contributed by atoms with Crippen molar-refractivity contribution in [1.82, 2.24) is 19.9 Å². The Kier molecular flexibility index (Phi) is 8.38. The van der Waals surface area contributed by atoms with Gasteiger partial charge in [-0.1, -0.05) is 12.1 Å². The van der Waals surface area contributed by atoms with E-state index in [0.29, 0.717) is 43.0 Å². The van der Waals surface area contributed by atoms with Crippen molar-refractivity contribution in [3.8, 4) is 17.3 Å². The number of carbonyl (C=O) groups excluding carboxylic acids is 2. The standard InChI is InChI=1S/C39H37F5N6O4/c1-21-14-28(50-35(51)24-4-2-3-5-25(24)36(50)52)45-33(30(21)39(42,43)44)29-27(40)16-26-32(31(29)41)46-37(47-34(26)49-17-22-6-7-23(15-22)18-49)54-20-38(8-9-38)19-48-10-12-53-13-11-48/h2-5,14,16,22-23H,6-13,15,17-20H2,1H3. The summed E-state index contributed by atoms with van der Waals surface area (Å²) < 4.78 is 89.6. The highest BCUT2D eigenvalue weighted by Gasteiger charge is 2.46. The van der Waals surface area contributed by atoms with Crippen LogP contribution in [-0.2, 0) is 10.9 Å². The molecule has 54 heavy (non-hydrogen) atoms. The molecule has 2 bridgehead atoms. The van der Waals surface area contributed by atoms with Gasteiger partial charge < -0.3 is 14.4 Å². The van der Waals surface area contributed by atoms with Gasteiger partial charge in [-0.15, -0.1) is 0 Å². The summed E-state index contributed by atoms with van der Waals surface area (Å²) in [4.78, 5) is 44.7. The van der Waals surface area contributed by atoms with Gasteiger partial charge in [0.05, 0.1) is 47.8 Å². The molecule has 4 aromatic rings. The van der Waals surface area contributed by atoms with Crippen LogP contribution in [0.2, 0.25) is 0 Å². The second kappa shape index (κ2) is 12.9. The van der Waals surface area contributed by atoms with Crippen molar-refractivity contribution in [2.45, 2.75) is 45.2 Å². The molecule has 2 unspecified atom stereocenters. The summed E-state index contributed by atoms with van der Waals surface area (Å²) in [6.07, 6.45) is -0.178.